The van der Waals surface area contributed by atoms with Crippen LogP contribution in [0.1, 0.15) is 17.0 Å². The van der Waals surface area contributed by atoms with E-state index >= 15 is 0 Å². The van der Waals surface area contributed by atoms with E-state index in [4.69, 9.17) is 16.7 Å². The minimum atomic E-state index is -4.67. The largest absolute Gasteiger partial charge is 0.435 e. The molecule has 0 aliphatic rings. The van der Waals surface area contributed by atoms with Gasteiger partial charge in [0.15, 0.2) is 5.69 Å². The van der Waals surface area contributed by atoms with Crippen LogP contribution in [-0.4, -0.2) is 20.1 Å². The van der Waals surface area contributed by atoms with Crippen LogP contribution < -0.4 is 0 Å². The van der Waals surface area contributed by atoms with Crippen molar-refractivity contribution < 1.29 is 18.3 Å². The van der Waals surface area contributed by atoms with Crippen LogP contribution in [0.15, 0.2) is 18.2 Å². The second-order valence-electron chi connectivity index (χ2n) is 3.84. The van der Waals surface area contributed by atoms with Crippen LogP contribution in [0.25, 0.3) is 5.69 Å². The van der Waals surface area contributed by atoms with Gasteiger partial charge in [-0.05, 0) is 24.6 Å². The van der Waals surface area contributed by atoms with Crippen molar-refractivity contribution in [2.75, 3.05) is 0 Å². The maximum atomic E-state index is 13.0. The maximum absolute atomic E-state index is 13.0. The number of aliphatic hydroxyl groups is 1. The molecule has 0 spiro atoms. The summed E-state index contributed by atoms with van der Waals surface area (Å²) in [6, 6.07) is 4.54. The van der Waals surface area contributed by atoms with Crippen molar-refractivity contribution in [3.63, 3.8) is 0 Å². The van der Waals surface area contributed by atoms with E-state index < -0.39 is 24.2 Å². The van der Waals surface area contributed by atoms with Crippen LogP contribution in [0, 0.1) is 6.92 Å². The third-order valence-electron chi connectivity index (χ3n) is 2.63. The fourth-order valence-electron chi connectivity index (χ4n) is 1.70. The fraction of sp³-hybridized carbons (Fsp3) is 0.273. The van der Waals surface area contributed by atoms with Crippen LogP contribution >= 0.6 is 11.6 Å². The van der Waals surface area contributed by atoms with E-state index in [0.717, 1.165) is 0 Å². The third-order valence-corrected chi connectivity index (χ3v) is 3.04. The molecule has 0 amide bonds. The van der Waals surface area contributed by atoms with Gasteiger partial charge in [-0.3, -0.25) is 0 Å². The van der Waals surface area contributed by atoms with Gasteiger partial charge in [0, 0.05) is 5.02 Å². The highest BCUT2D eigenvalue weighted by atomic mass is 35.5. The number of aliphatic hydroxyl groups excluding tert-OH is 1. The van der Waals surface area contributed by atoms with Gasteiger partial charge in [0.2, 0.25) is 0 Å². The first kappa shape index (κ1) is 13.8. The molecule has 2 rings (SSSR count). The lowest BCUT2D eigenvalue weighted by Gasteiger charge is -2.13. The van der Waals surface area contributed by atoms with Gasteiger partial charge >= 0.3 is 6.18 Å². The number of hydrogen-bond donors (Lipinski definition) is 1. The van der Waals surface area contributed by atoms with Gasteiger partial charge in [-0.2, -0.15) is 13.2 Å². The van der Waals surface area contributed by atoms with Gasteiger partial charge in [0.25, 0.3) is 0 Å². The smallest absolute Gasteiger partial charge is 0.390 e. The summed E-state index contributed by atoms with van der Waals surface area (Å²) in [5.41, 5.74) is -0.997. The number of benzene rings is 1. The molecule has 2 aromatic rings. The molecule has 0 saturated carbocycles. The molecule has 102 valence electrons. The van der Waals surface area contributed by atoms with Gasteiger partial charge in [-0.15, -0.1) is 5.10 Å². The van der Waals surface area contributed by atoms with Crippen LogP contribution in [0.4, 0.5) is 13.2 Å². The summed E-state index contributed by atoms with van der Waals surface area (Å²) in [6.07, 6.45) is -4.67. The summed E-state index contributed by atoms with van der Waals surface area (Å²) in [5.74, 6) is 0. The SMILES string of the molecule is Cc1c(Cl)cccc1-n1nnc(CO)c1C(F)(F)F. The molecule has 8 heteroatoms. The Morgan fingerprint density at radius 2 is 2.05 bits per heavy atom. The van der Waals surface area contributed by atoms with Crippen molar-refractivity contribution in [1.29, 1.82) is 0 Å². The number of aromatic nitrogens is 3. The molecule has 0 aliphatic heterocycles. The first-order valence-corrected chi connectivity index (χ1v) is 5.62. The first-order valence-electron chi connectivity index (χ1n) is 5.24. The summed E-state index contributed by atoms with van der Waals surface area (Å²) in [7, 11) is 0. The van der Waals surface area contributed by atoms with E-state index in [0.29, 0.717) is 15.3 Å². The summed E-state index contributed by atoms with van der Waals surface area (Å²) in [5, 5.41) is 16.1. The van der Waals surface area contributed by atoms with Crippen molar-refractivity contribution in [2.45, 2.75) is 19.7 Å². The van der Waals surface area contributed by atoms with E-state index in [9.17, 15) is 13.2 Å². The number of hydrogen-bond acceptors (Lipinski definition) is 3. The lowest BCUT2D eigenvalue weighted by molar-refractivity contribution is -0.143. The molecule has 0 saturated heterocycles. The van der Waals surface area contributed by atoms with Gasteiger partial charge in [-0.25, -0.2) is 4.68 Å². The highest BCUT2D eigenvalue weighted by Crippen LogP contribution is 2.34. The molecule has 1 heterocycles. The van der Waals surface area contributed by atoms with Crippen molar-refractivity contribution in [3.8, 4) is 5.69 Å². The Labute approximate surface area is 111 Å². The predicted molar refractivity (Wildman–Crippen MR) is 62.0 cm³/mol. The lowest BCUT2D eigenvalue weighted by Crippen LogP contribution is -2.16. The zero-order chi connectivity index (χ0) is 14.2. The average molecular weight is 292 g/mol. The van der Waals surface area contributed by atoms with Crippen LogP contribution in [0.3, 0.4) is 0 Å². The monoisotopic (exact) mass is 291 g/mol. The minimum Gasteiger partial charge on any atom is -0.390 e. The quantitative estimate of drug-likeness (QED) is 0.925. The van der Waals surface area contributed by atoms with Gasteiger partial charge in [0.05, 0.1) is 12.3 Å². The first-order chi connectivity index (χ1) is 8.86. The highest BCUT2D eigenvalue weighted by molar-refractivity contribution is 6.31. The summed E-state index contributed by atoms with van der Waals surface area (Å²) < 4.78 is 39.7. The van der Waals surface area contributed by atoms with Crippen molar-refractivity contribution >= 4 is 11.6 Å². The number of alkyl halides is 3. The lowest BCUT2D eigenvalue weighted by atomic mass is 10.2. The van der Waals surface area contributed by atoms with E-state index in [2.05, 4.69) is 10.3 Å². The zero-order valence-electron chi connectivity index (χ0n) is 9.74. The molecule has 0 radical (unpaired) electrons. The Hall–Kier alpha value is -1.60. The Bertz CT molecular complexity index is 610. The Kier molecular flexibility index (Phi) is 3.51. The predicted octanol–water partition coefficient (Wildman–Crippen LogP) is 2.74. The van der Waals surface area contributed by atoms with Crippen molar-refractivity contribution in [3.05, 3.63) is 40.2 Å². The summed E-state index contributed by atoms with van der Waals surface area (Å²) in [6.45, 7) is 0.743. The number of nitrogens with zero attached hydrogens (tertiary/aromatic N) is 3. The molecule has 0 bridgehead atoms. The minimum absolute atomic E-state index is 0.173. The maximum Gasteiger partial charge on any atom is 0.435 e. The van der Waals surface area contributed by atoms with Gasteiger partial charge in [0.1, 0.15) is 5.69 Å². The second-order valence-corrected chi connectivity index (χ2v) is 4.24. The third kappa shape index (κ3) is 2.43. The molecule has 1 aromatic heterocycles. The molecular weight excluding hydrogens is 283 g/mol. The van der Waals surface area contributed by atoms with Crippen LogP contribution in [-0.2, 0) is 12.8 Å². The van der Waals surface area contributed by atoms with Gasteiger partial charge < -0.3 is 5.11 Å². The Balaban J connectivity index is 2.70. The van der Waals surface area contributed by atoms with E-state index in [1.165, 1.54) is 12.1 Å². The van der Waals surface area contributed by atoms with Crippen LogP contribution in [0.5, 0.6) is 0 Å². The van der Waals surface area contributed by atoms with Crippen molar-refractivity contribution in [1.82, 2.24) is 15.0 Å². The van der Waals surface area contributed by atoms with E-state index in [1.54, 1.807) is 13.0 Å². The molecule has 4 nitrogen and oxygen atoms in total. The Morgan fingerprint density at radius 3 is 2.63 bits per heavy atom. The van der Waals surface area contributed by atoms with Gasteiger partial charge in [-0.1, -0.05) is 22.9 Å². The molecule has 0 atom stereocenters. The summed E-state index contributed by atoms with van der Waals surface area (Å²) in [4.78, 5) is 0. The molecule has 0 fully saturated rings. The average Bonchev–Trinajstić information content (AvgIpc) is 2.76. The molecular formula is C11H9ClF3N3O. The molecule has 19 heavy (non-hydrogen) atoms. The van der Waals surface area contributed by atoms with E-state index in [-0.39, 0.29) is 5.69 Å². The van der Waals surface area contributed by atoms with Crippen molar-refractivity contribution in [2.24, 2.45) is 0 Å². The normalized spacial score (nSPS) is 11.9. The van der Waals surface area contributed by atoms with Crippen LogP contribution in [0.2, 0.25) is 5.02 Å². The molecule has 1 aromatic carbocycles. The standard InChI is InChI=1S/C11H9ClF3N3O/c1-6-7(12)3-2-4-9(6)18-10(11(13,14)15)8(5-19)16-17-18/h2-4,19H,5H2,1H3. The summed E-state index contributed by atoms with van der Waals surface area (Å²) >= 11 is 5.88. The molecule has 0 aliphatic carbocycles. The fourth-order valence-corrected chi connectivity index (χ4v) is 1.87. The Morgan fingerprint density at radius 1 is 1.37 bits per heavy atom. The second kappa shape index (κ2) is 4.82. The zero-order valence-corrected chi connectivity index (χ0v) is 10.5. The van der Waals surface area contributed by atoms with E-state index in [1.807, 2.05) is 0 Å². The molecule has 0 unspecified atom stereocenters. The number of rotatable bonds is 2. The number of halogens is 4. The highest BCUT2D eigenvalue weighted by Gasteiger charge is 2.39. The molecule has 1 N–H and O–H groups in total. The topological polar surface area (TPSA) is 50.9 Å².